The average Bonchev–Trinajstić information content (AvgIpc) is 3.79. The lowest BCUT2D eigenvalue weighted by atomic mass is 10.1. The number of carbonyl (C=O) groups excluding carboxylic acids is 5. The lowest BCUT2D eigenvalue weighted by Gasteiger charge is -2.30. The Hall–Kier alpha value is -6.30. The van der Waals surface area contributed by atoms with Crippen LogP contribution < -0.4 is 20.3 Å². The van der Waals surface area contributed by atoms with Crippen molar-refractivity contribution >= 4 is 35.3 Å². The predicted octanol–water partition coefficient (Wildman–Crippen LogP) is 3.61. The minimum atomic E-state index is -1.59. The predicted molar refractivity (Wildman–Crippen MR) is 197 cm³/mol. The topological polar surface area (TPSA) is 193 Å². The number of tetrazole rings is 1. The number of nitrogens with one attached hydrogen (secondary N) is 2. The molecular weight excluding hydrogens is 748 g/mol. The highest BCUT2D eigenvalue weighted by Gasteiger charge is 2.42. The minimum Gasteiger partial charge on any atom is -0.480 e. The van der Waals surface area contributed by atoms with E-state index in [4.69, 9.17) is 18.9 Å². The summed E-state index contributed by atoms with van der Waals surface area (Å²) in [5, 5.41) is 17.3. The summed E-state index contributed by atoms with van der Waals surface area (Å²) in [6, 6.07) is 14.5. The number of aromatic nitrogens is 4. The number of hydrogen-bond donors (Lipinski definition) is 2. The molecule has 0 fully saturated rings. The van der Waals surface area contributed by atoms with Crippen LogP contribution in [-0.2, 0) is 59.6 Å². The van der Waals surface area contributed by atoms with Crippen molar-refractivity contribution in [3.8, 4) is 5.75 Å². The molecule has 3 atom stereocenters. The first-order valence-electron chi connectivity index (χ1n) is 18.0. The van der Waals surface area contributed by atoms with Crippen LogP contribution in [0, 0.1) is 11.6 Å². The number of ketones is 1. The summed E-state index contributed by atoms with van der Waals surface area (Å²) >= 11 is 0. The van der Waals surface area contributed by atoms with Crippen LogP contribution in [0.15, 0.2) is 72.8 Å². The van der Waals surface area contributed by atoms with Gasteiger partial charge in [-0.15, -0.1) is 15.0 Å². The number of benzene rings is 3. The Balaban J connectivity index is 1.39. The number of carbonyl (C=O) groups is 5. The first-order valence-corrected chi connectivity index (χ1v) is 18.0. The van der Waals surface area contributed by atoms with E-state index in [9.17, 15) is 32.8 Å². The highest BCUT2D eigenvalue weighted by molar-refractivity contribution is 6.07. The van der Waals surface area contributed by atoms with Gasteiger partial charge in [-0.1, -0.05) is 54.6 Å². The molecule has 5 rings (SSSR count). The summed E-state index contributed by atoms with van der Waals surface area (Å²) in [5.41, 5.74) is 0.730. The second-order valence-corrected chi connectivity index (χ2v) is 14.0. The van der Waals surface area contributed by atoms with Gasteiger partial charge in [0.2, 0.25) is 11.8 Å². The van der Waals surface area contributed by atoms with Crippen LogP contribution in [0.1, 0.15) is 50.6 Å². The van der Waals surface area contributed by atoms with Crippen molar-refractivity contribution < 1.29 is 51.7 Å². The number of methoxy groups -OCH3 is 1. The summed E-state index contributed by atoms with van der Waals surface area (Å²) in [4.78, 5) is 70.8. The molecule has 1 aliphatic heterocycles. The normalized spacial score (nSPS) is 14.6. The molecule has 4 aromatic rings. The molecule has 0 spiro atoms. The van der Waals surface area contributed by atoms with Crippen LogP contribution in [0.25, 0.3) is 0 Å². The number of para-hydroxylation sites is 2. The zero-order valence-corrected chi connectivity index (χ0v) is 31.8. The first kappa shape index (κ1) is 41.9. The molecule has 3 amide bonds. The Morgan fingerprint density at radius 2 is 1.61 bits per heavy atom. The van der Waals surface area contributed by atoms with E-state index in [0.29, 0.717) is 16.8 Å². The molecule has 0 saturated carbocycles. The van der Waals surface area contributed by atoms with E-state index in [1.54, 1.807) is 69.3 Å². The smallest absolute Gasteiger partial charge is 0.408 e. The number of anilines is 1. The third-order valence-electron chi connectivity index (χ3n) is 8.49. The van der Waals surface area contributed by atoms with E-state index in [-0.39, 0.29) is 38.4 Å². The summed E-state index contributed by atoms with van der Waals surface area (Å²) in [6.45, 7) is 3.87. The van der Waals surface area contributed by atoms with Crippen LogP contribution >= 0.6 is 0 Å². The van der Waals surface area contributed by atoms with Gasteiger partial charge in [-0.2, -0.15) is 0 Å². The van der Waals surface area contributed by atoms with Gasteiger partial charge < -0.3 is 29.6 Å². The fraction of sp³-hybridized carbons (Fsp3) is 0.385. The van der Waals surface area contributed by atoms with E-state index in [1.807, 2.05) is 6.07 Å². The molecule has 0 unspecified atom stereocenters. The zero-order valence-electron chi connectivity index (χ0n) is 31.8. The van der Waals surface area contributed by atoms with Gasteiger partial charge in [0.1, 0.15) is 36.9 Å². The second kappa shape index (κ2) is 19.0. The van der Waals surface area contributed by atoms with Gasteiger partial charge in [-0.05, 0) is 61.7 Å². The number of rotatable bonds is 17. The van der Waals surface area contributed by atoms with E-state index in [0.717, 1.165) is 18.2 Å². The highest BCUT2D eigenvalue weighted by Crippen LogP contribution is 2.33. The molecular formula is C39H43F2N7O9. The van der Waals surface area contributed by atoms with Crippen molar-refractivity contribution in [2.24, 2.45) is 0 Å². The van der Waals surface area contributed by atoms with E-state index in [1.165, 1.54) is 16.8 Å². The maximum absolute atomic E-state index is 14.6. The molecule has 0 bridgehead atoms. The number of Topliss-reactive ketones (excluding diaryl/α,β-unsaturated/α-hetero) is 1. The molecule has 1 aromatic heterocycles. The third-order valence-corrected chi connectivity index (χ3v) is 8.49. The number of ether oxygens (including phenoxy) is 4. The average molecular weight is 792 g/mol. The lowest BCUT2D eigenvalue weighted by molar-refractivity contribution is -0.156. The first-order chi connectivity index (χ1) is 27.2. The quantitative estimate of drug-likeness (QED) is 0.148. The fourth-order valence-corrected chi connectivity index (χ4v) is 5.95. The molecule has 0 saturated heterocycles. The summed E-state index contributed by atoms with van der Waals surface area (Å²) < 4.78 is 49.6. The Kier molecular flexibility index (Phi) is 14.0. The molecule has 1 aliphatic rings. The fourth-order valence-electron chi connectivity index (χ4n) is 5.95. The molecule has 2 N–H and O–H groups in total. The van der Waals surface area contributed by atoms with Crippen LogP contribution in [-0.4, -0.2) is 87.3 Å². The molecule has 16 nitrogen and oxygen atoms in total. The maximum atomic E-state index is 14.6. The van der Waals surface area contributed by atoms with Crippen molar-refractivity contribution in [2.45, 2.75) is 83.5 Å². The van der Waals surface area contributed by atoms with E-state index < -0.39 is 83.8 Å². The van der Waals surface area contributed by atoms with Crippen molar-refractivity contribution in [3.05, 3.63) is 101 Å². The number of fused-ring (bicyclic) bond motifs is 1. The molecule has 3 aromatic carbocycles. The van der Waals surface area contributed by atoms with E-state index >= 15 is 0 Å². The Labute approximate surface area is 326 Å². The second-order valence-electron chi connectivity index (χ2n) is 14.0. The number of amides is 3. The largest absolute Gasteiger partial charge is 0.480 e. The molecule has 302 valence electrons. The third kappa shape index (κ3) is 11.6. The molecule has 0 aliphatic carbocycles. The molecule has 0 radical (unpaired) electrons. The maximum Gasteiger partial charge on any atom is 0.408 e. The van der Waals surface area contributed by atoms with Gasteiger partial charge in [0, 0.05) is 25.6 Å². The number of esters is 1. The number of halogens is 2. The number of hydrogen-bond acceptors (Lipinski definition) is 12. The van der Waals surface area contributed by atoms with Gasteiger partial charge in [0.05, 0.1) is 6.42 Å². The van der Waals surface area contributed by atoms with Gasteiger partial charge in [-0.3, -0.25) is 24.1 Å². The number of nitrogens with zero attached hydrogens (tertiary/aromatic N) is 5. The van der Waals surface area contributed by atoms with Crippen LogP contribution in [0.3, 0.4) is 0 Å². The molecule has 57 heavy (non-hydrogen) atoms. The van der Waals surface area contributed by atoms with Crippen molar-refractivity contribution in [1.82, 2.24) is 30.8 Å². The van der Waals surface area contributed by atoms with E-state index in [2.05, 4.69) is 26.0 Å². The van der Waals surface area contributed by atoms with Crippen LogP contribution in [0.4, 0.5) is 19.3 Å². The van der Waals surface area contributed by atoms with Crippen molar-refractivity contribution in [3.63, 3.8) is 0 Å². The summed E-state index contributed by atoms with van der Waals surface area (Å²) in [6.07, 6.45) is -1.55. The van der Waals surface area contributed by atoms with Crippen LogP contribution in [0.2, 0.25) is 0 Å². The Morgan fingerprint density at radius 1 is 0.912 bits per heavy atom. The van der Waals surface area contributed by atoms with Gasteiger partial charge in [0.15, 0.2) is 35.7 Å². The Morgan fingerprint density at radius 3 is 2.32 bits per heavy atom. The molecule has 2 heterocycles. The van der Waals surface area contributed by atoms with Gasteiger partial charge in [-0.25, -0.2) is 13.6 Å². The number of aryl methyl sites for hydroxylation is 1. The zero-order chi connectivity index (χ0) is 41.1. The summed E-state index contributed by atoms with van der Waals surface area (Å²) in [7, 11) is 1.46. The highest BCUT2D eigenvalue weighted by atomic mass is 19.1. The monoisotopic (exact) mass is 791 g/mol. The van der Waals surface area contributed by atoms with Crippen molar-refractivity contribution in [1.29, 1.82) is 0 Å². The number of alkyl carbamates (subject to hydrolysis) is 1. The summed E-state index contributed by atoms with van der Waals surface area (Å²) in [5.74, 6) is -5.97. The van der Waals surface area contributed by atoms with Crippen molar-refractivity contribution in [2.75, 3.05) is 18.6 Å². The van der Waals surface area contributed by atoms with Crippen LogP contribution in [0.5, 0.6) is 5.75 Å². The minimum absolute atomic E-state index is 0.00386. The van der Waals surface area contributed by atoms with Gasteiger partial charge in [0.25, 0.3) is 0 Å². The molecule has 18 heteroatoms. The van der Waals surface area contributed by atoms with Gasteiger partial charge >= 0.3 is 12.1 Å². The SMILES string of the molecule is COCn1nnc(CC[C@H](NC(=O)OCc2ccccc2)C(=O)N2c3ccccc3C[C@H]2C(=O)N[C@@H](CC(=O)OC(C)(C)C)C(=O)COc2c(F)cccc2F)n1. The lowest BCUT2D eigenvalue weighted by Crippen LogP contribution is -2.57. The Bertz CT molecular complexity index is 2040. The standard InChI is InChI=1S/C39H43F2N7O9/c1-39(2,3)57-34(50)20-29(32(49)22-55-35-26(40)14-10-15-27(35)41)42-36(51)31-19-25-13-8-9-16-30(25)48(31)37(52)28(17-18-33-44-46-47(45-33)23-54-4)43-38(53)56-21-24-11-6-5-7-12-24/h5-16,28-29,31H,17-23H2,1-4H3,(H,42,51)(H,43,53)/t28-,29-,31-/m0/s1.